The summed E-state index contributed by atoms with van der Waals surface area (Å²) in [4.78, 5) is 18.5. The summed E-state index contributed by atoms with van der Waals surface area (Å²) in [5, 5.41) is 8.60. The molecule has 5 nitrogen and oxygen atoms in total. The van der Waals surface area contributed by atoms with Crippen molar-refractivity contribution in [3.63, 3.8) is 0 Å². The van der Waals surface area contributed by atoms with E-state index in [0.717, 1.165) is 32.7 Å². The van der Waals surface area contributed by atoms with Gasteiger partial charge in [-0.1, -0.05) is 12.1 Å². The van der Waals surface area contributed by atoms with E-state index in [0.29, 0.717) is 10.7 Å². The maximum Gasteiger partial charge on any atom is 0.257 e. The van der Waals surface area contributed by atoms with Crippen molar-refractivity contribution in [3.05, 3.63) is 47.0 Å². The lowest BCUT2D eigenvalue weighted by Crippen LogP contribution is -2.42. The highest BCUT2D eigenvalue weighted by Gasteiger charge is 2.11. The molecule has 1 aliphatic heterocycles. The van der Waals surface area contributed by atoms with Crippen LogP contribution in [0.25, 0.3) is 0 Å². The van der Waals surface area contributed by atoms with Crippen molar-refractivity contribution >= 4 is 22.4 Å². The number of anilines is 1. The van der Waals surface area contributed by atoms with E-state index in [-0.39, 0.29) is 5.91 Å². The molecule has 2 N–H and O–H groups in total. The third-order valence-corrected chi connectivity index (χ3v) is 4.17. The third-order valence-electron chi connectivity index (χ3n) is 3.48. The van der Waals surface area contributed by atoms with Gasteiger partial charge in [0.25, 0.3) is 5.91 Å². The number of benzene rings is 1. The van der Waals surface area contributed by atoms with Crippen molar-refractivity contribution in [3.8, 4) is 0 Å². The van der Waals surface area contributed by atoms with E-state index in [4.69, 9.17) is 0 Å². The number of rotatable bonds is 4. The van der Waals surface area contributed by atoms with E-state index < -0.39 is 0 Å². The molecule has 21 heavy (non-hydrogen) atoms. The Morgan fingerprint density at radius 1 is 1.29 bits per heavy atom. The highest BCUT2D eigenvalue weighted by molar-refractivity contribution is 7.13. The van der Waals surface area contributed by atoms with Gasteiger partial charge in [0, 0.05) is 49.9 Å². The molecule has 3 rings (SSSR count). The van der Waals surface area contributed by atoms with Crippen LogP contribution in [0.3, 0.4) is 0 Å². The summed E-state index contributed by atoms with van der Waals surface area (Å²) in [6.45, 7) is 5.19. The molecule has 1 fully saturated rings. The van der Waals surface area contributed by atoms with Gasteiger partial charge < -0.3 is 5.32 Å². The maximum atomic E-state index is 12.1. The van der Waals surface area contributed by atoms with Crippen molar-refractivity contribution in [2.24, 2.45) is 0 Å². The van der Waals surface area contributed by atoms with Gasteiger partial charge in [-0.3, -0.25) is 15.0 Å². The minimum Gasteiger partial charge on any atom is -0.314 e. The number of hydrogen-bond donors (Lipinski definition) is 2. The number of amides is 1. The van der Waals surface area contributed by atoms with Crippen LogP contribution in [0, 0.1) is 0 Å². The SMILES string of the molecule is O=C(Nc1nccs1)c1ccc(CN2CCNCC2)cc1. The van der Waals surface area contributed by atoms with E-state index in [1.54, 1.807) is 6.20 Å². The van der Waals surface area contributed by atoms with Crippen LogP contribution in [-0.2, 0) is 6.54 Å². The smallest absolute Gasteiger partial charge is 0.257 e. The predicted molar refractivity (Wildman–Crippen MR) is 84.7 cm³/mol. The Morgan fingerprint density at radius 2 is 2.05 bits per heavy atom. The molecule has 1 aromatic carbocycles. The number of nitrogens with zero attached hydrogens (tertiary/aromatic N) is 2. The first-order chi connectivity index (χ1) is 10.3. The minimum atomic E-state index is -0.112. The Morgan fingerprint density at radius 3 is 2.71 bits per heavy atom. The number of hydrogen-bond acceptors (Lipinski definition) is 5. The Kier molecular flexibility index (Phi) is 4.59. The molecule has 1 amide bonds. The number of aromatic nitrogens is 1. The van der Waals surface area contributed by atoms with Gasteiger partial charge >= 0.3 is 0 Å². The first-order valence-electron chi connectivity index (χ1n) is 7.04. The predicted octanol–water partition coefficient (Wildman–Crippen LogP) is 1.80. The summed E-state index contributed by atoms with van der Waals surface area (Å²) in [6.07, 6.45) is 1.68. The monoisotopic (exact) mass is 302 g/mol. The lowest BCUT2D eigenvalue weighted by Gasteiger charge is -2.27. The van der Waals surface area contributed by atoms with E-state index in [2.05, 4.69) is 20.5 Å². The van der Waals surface area contributed by atoms with Gasteiger partial charge in [0.05, 0.1) is 0 Å². The molecule has 0 spiro atoms. The zero-order valence-corrected chi connectivity index (χ0v) is 12.5. The quantitative estimate of drug-likeness (QED) is 0.904. The van der Waals surface area contributed by atoms with E-state index >= 15 is 0 Å². The van der Waals surface area contributed by atoms with Crippen molar-refractivity contribution in [1.82, 2.24) is 15.2 Å². The van der Waals surface area contributed by atoms with Gasteiger partial charge in [-0.15, -0.1) is 11.3 Å². The fourth-order valence-corrected chi connectivity index (χ4v) is 2.87. The van der Waals surface area contributed by atoms with Crippen LogP contribution in [0.4, 0.5) is 5.13 Å². The Labute approximate surface area is 128 Å². The summed E-state index contributed by atoms with van der Waals surface area (Å²) in [5.41, 5.74) is 1.90. The Balaban J connectivity index is 1.59. The second-order valence-corrected chi connectivity index (χ2v) is 5.91. The molecule has 0 bridgehead atoms. The standard InChI is InChI=1S/C15H18N4OS/c20-14(18-15-17-7-10-21-15)13-3-1-12(2-4-13)11-19-8-5-16-6-9-19/h1-4,7,10,16H,5-6,8-9,11H2,(H,17,18,20). The van der Waals surface area contributed by atoms with Crippen molar-refractivity contribution in [1.29, 1.82) is 0 Å². The highest BCUT2D eigenvalue weighted by Crippen LogP contribution is 2.13. The molecule has 2 heterocycles. The molecule has 0 atom stereocenters. The van der Waals surface area contributed by atoms with Gasteiger partial charge in [0.1, 0.15) is 0 Å². The van der Waals surface area contributed by atoms with Crippen LogP contribution in [0.2, 0.25) is 0 Å². The van der Waals surface area contributed by atoms with Gasteiger partial charge in [-0.05, 0) is 17.7 Å². The first kappa shape index (κ1) is 14.2. The number of piperazine rings is 1. The van der Waals surface area contributed by atoms with Crippen LogP contribution in [0.15, 0.2) is 35.8 Å². The molecular formula is C15H18N4OS. The first-order valence-corrected chi connectivity index (χ1v) is 7.92. The average molecular weight is 302 g/mol. The molecule has 2 aromatic rings. The second kappa shape index (κ2) is 6.80. The van der Waals surface area contributed by atoms with Gasteiger partial charge in [0.15, 0.2) is 5.13 Å². The molecule has 6 heteroatoms. The number of thiazole rings is 1. The Hall–Kier alpha value is -1.76. The molecule has 1 saturated heterocycles. The molecule has 1 aliphatic rings. The van der Waals surface area contributed by atoms with E-state index in [9.17, 15) is 4.79 Å². The van der Waals surface area contributed by atoms with Crippen LogP contribution in [0.1, 0.15) is 15.9 Å². The molecule has 0 aliphatic carbocycles. The van der Waals surface area contributed by atoms with Crippen LogP contribution in [0.5, 0.6) is 0 Å². The van der Waals surface area contributed by atoms with Gasteiger partial charge in [0.2, 0.25) is 0 Å². The Bertz CT molecular complexity index is 576. The summed E-state index contributed by atoms with van der Waals surface area (Å²) >= 11 is 1.42. The zero-order chi connectivity index (χ0) is 14.5. The number of carbonyl (C=O) groups excluding carboxylic acids is 1. The second-order valence-electron chi connectivity index (χ2n) is 5.01. The topological polar surface area (TPSA) is 57.3 Å². The molecule has 110 valence electrons. The minimum absolute atomic E-state index is 0.112. The van der Waals surface area contributed by atoms with Gasteiger partial charge in [-0.2, -0.15) is 0 Å². The molecular weight excluding hydrogens is 284 g/mol. The van der Waals surface area contributed by atoms with Crippen LogP contribution in [-0.4, -0.2) is 42.0 Å². The normalized spacial score (nSPS) is 15.8. The summed E-state index contributed by atoms with van der Waals surface area (Å²) in [6, 6.07) is 7.80. The fourth-order valence-electron chi connectivity index (χ4n) is 2.34. The molecule has 0 saturated carbocycles. The van der Waals surface area contributed by atoms with E-state index in [1.165, 1.54) is 16.9 Å². The van der Waals surface area contributed by atoms with Gasteiger partial charge in [-0.25, -0.2) is 4.98 Å². The summed E-state index contributed by atoms with van der Waals surface area (Å²) in [7, 11) is 0. The third kappa shape index (κ3) is 3.87. The van der Waals surface area contributed by atoms with E-state index in [1.807, 2.05) is 29.6 Å². The summed E-state index contributed by atoms with van der Waals surface area (Å²) < 4.78 is 0. The molecule has 1 aromatic heterocycles. The fraction of sp³-hybridized carbons (Fsp3) is 0.333. The van der Waals surface area contributed by atoms with Crippen LogP contribution < -0.4 is 10.6 Å². The largest absolute Gasteiger partial charge is 0.314 e. The van der Waals surface area contributed by atoms with Crippen molar-refractivity contribution < 1.29 is 4.79 Å². The number of nitrogens with one attached hydrogen (secondary N) is 2. The van der Waals surface area contributed by atoms with Crippen molar-refractivity contribution in [2.45, 2.75) is 6.54 Å². The summed E-state index contributed by atoms with van der Waals surface area (Å²) in [5.74, 6) is -0.112. The molecule has 0 radical (unpaired) electrons. The lowest BCUT2D eigenvalue weighted by molar-refractivity contribution is 0.102. The van der Waals surface area contributed by atoms with Crippen molar-refractivity contribution in [2.75, 3.05) is 31.5 Å². The maximum absolute atomic E-state index is 12.1. The lowest BCUT2D eigenvalue weighted by atomic mass is 10.1. The number of carbonyl (C=O) groups is 1. The van der Waals surface area contributed by atoms with Crippen LogP contribution >= 0.6 is 11.3 Å². The highest BCUT2D eigenvalue weighted by atomic mass is 32.1. The zero-order valence-electron chi connectivity index (χ0n) is 11.7. The molecule has 0 unspecified atom stereocenters. The average Bonchev–Trinajstić information content (AvgIpc) is 3.02.